The molecule has 4 heteroatoms. The number of rotatable bonds is 5. The summed E-state index contributed by atoms with van der Waals surface area (Å²) in [5.41, 5.74) is 0.105. The van der Waals surface area contributed by atoms with Gasteiger partial charge in [-0.2, -0.15) is 0 Å². The van der Waals surface area contributed by atoms with Crippen molar-refractivity contribution in [1.29, 1.82) is 0 Å². The molecule has 0 spiro atoms. The van der Waals surface area contributed by atoms with E-state index < -0.39 is 5.82 Å². The van der Waals surface area contributed by atoms with E-state index in [-0.39, 0.29) is 11.5 Å². The van der Waals surface area contributed by atoms with Crippen molar-refractivity contribution in [2.45, 2.75) is 25.7 Å². The predicted molar refractivity (Wildman–Crippen MR) is 72.8 cm³/mol. The Morgan fingerprint density at radius 1 is 1.21 bits per heavy atom. The van der Waals surface area contributed by atoms with Crippen molar-refractivity contribution in [1.82, 2.24) is 4.90 Å². The maximum atomic E-state index is 13.8. The molecule has 3 rings (SSSR count). The van der Waals surface area contributed by atoms with E-state index >= 15 is 0 Å². The van der Waals surface area contributed by atoms with Crippen LogP contribution in [-0.2, 0) is 0 Å². The molecule has 0 aliphatic heterocycles. The van der Waals surface area contributed by atoms with E-state index in [1.54, 1.807) is 0 Å². The standard InChI is InChI=1S/C15H17ClFNO/c16-12-5-6-14(17)13(7-12)15(19)18(8-10-1-2-10)9-11-3-4-11/h5-7,10-11H,1-4,8-9H2. The van der Waals surface area contributed by atoms with E-state index in [2.05, 4.69) is 0 Å². The van der Waals surface area contributed by atoms with Crippen molar-refractivity contribution in [3.63, 3.8) is 0 Å². The Balaban J connectivity index is 1.78. The van der Waals surface area contributed by atoms with Gasteiger partial charge in [-0.15, -0.1) is 0 Å². The summed E-state index contributed by atoms with van der Waals surface area (Å²) in [4.78, 5) is 14.3. The summed E-state index contributed by atoms with van der Waals surface area (Å²) in [6.07, 6.45) is 4.75. The summed E-state index contributed by atoms with van der Waals surface area (Å²) in [5, 5.41) is 0.405. The van der Waals surface area contributed by atoms with Gasteiger partial charge in [-0.05, 0) is 55.7 Å². The molecule has 2 aliphatic rings. The topological polar surface area (TPSA) is 20.3 Å². The molecule has 102 valence electrons. The average molecular weight is 282 g/mol. The zero-order valence-electron chi connectivity index (χ0n) is 10.7. The third-order valence-electron chi connectivity index (χ3n) is 3.80. The lowest BCUT2D eigenvalue weighted by molar-refractivity contribution is 0.0735. The van der Waals surface area contributed by atoms with Crippen LogP contribution in [0.4, 0.5) is 4.39 Å². The molecule has 2 fully saturated rings. The van der Waals surface area contributed by atoms with Crippen LogP contribution in [0.1, 0.15) is 36.0 Å². The SMILES string of the molecule is O=C(c1cc(Cl)ccc1F)N(CC1CC1)CC1CC1. The van der Waals surface area contributed by atoms with Crippen LogP contribution in [0.5, 0.6) is 0 Å². The molecule has 0 aromatic heterocycles. The second-order valence-corrected chi connectivity index (χ2v) is 6.16. The van der Waals surface area contributed by atoms with Crippen LogP contribution in [0.15, 0.2) is 18.2 Å². The maximum absolute atomic E-state index is 13.8. The Bertz CT molecular complexity index is 483. The molecule has 0 radical (unpaired) electrons. The van der Waals surface area contributed by atoms with Gasteiger partial charge in [0.05, 0.1) is 5.56 Å². The fourth-order valence-corrected chi connectivity index (χ4v) is 2.47. The molecule has 2 saturated carbocycles. The van der Waals surface area contributed by atoms with Gasteiger partial charge >= 0.3 is 0 Å². The van der Waals surface area contributed by atoms with E-state index in [0.29, 0.717) is 16.9 Å². The maximum Gasteiger partial charge on any atom is 0.256 e. The van der Waals surface area contributed by atoms with Crippen molar-refractivity contribution < 1.29 is 9.18 Å². The fraction of sp³-hybridized carbons (Fsp3) is 0.533. The molecule has 0 saturated heterocycles. The highest BCUT2D eigenvalue weighted by molar-refractivity contribution is 6.31. The molecule has 0 atom stereocenters. The third kappa shape index (κ3) is 3.27. The lowest BCUT2D eigenvalue weighted by Crippen LogP contribution is -2.35. The molecular formula is C15H17ClFNO. The predicted octanol–water partition coefficient (Wildman–Crippen LogP) is 3.74. The smallest absolute Gasteiger partial charge is 0.256 e. The van der Waals surface area contributed by atoms with Gasteiger partial charge in [-0.25, -0.2) is 4.39 Å². The van der Waals surface area contributed by atoms with Gasteiger partial charge in [0, 0.05) is 18.1 Å². The van der Waals surface area contributed by atoms with Crippen molar-refractivity contribution in [2.75, 3.05) is 13.1 Å². The van der Waals surface area contributed by atoms with Gasteiger partial charge in [0.1, 0.15) is 5.82 Å². The van der Waals surface area contributed by atoms with E-state index in [9.17, 15) is 9.18 Å². The molecule has 0 bridgehead atoms. The fourth-order valence-electron chi connectivity index (χ4n) is 2.30. The highest BCUT2D eigenvalue weighted by Crippen LogP contribution is 2.34. The molecule has 0 unspecified atom stereocenters. The van der Waals surface area contributed by atoms with Crippen LogP contribution >= 0.6 is 11.6 Å². The number of amides is 1. The number of benzene rings is 1. The summed E-state index contributed by atoms with van der Waals surface area (Å²) >= 11 is 5.86. The van der Waals surface area contributed by atoms with Crippen LogP contribution in [0.2, 0.25) is 5.02 Å². The van der Waals surface area contributed by atoms with Crippen LogP contribution in [0.3, 0.4) is 0 Å². The van der Waals surface area contributed by atoms with Crippen molar-refractivity contribution in [3.05, 3.63) is 34.6 Å². The quantitative estimate of drug-likeness (QED) is 0.805. The second kappa shape index (κ2) is 5.12. The van der Waals surface area contributed by atoms with Crippen LogP contribution in [0.25, 0.3) is 0 Å². The molecule has 1 aromatic carbocycles. The van der Waals surface area contributed by atoms with Gasteiger partial charge in [-0.1, -0.05) is 11.6 Å². The normalized spacial score (nSPS) is 18.4. The monoisotopic (exact) mass is 281 g/mol. The number of carbonyl (C=O) groups excluding carboxylic acids is 1. The number of nitrogens with zero attached hydrogens (tertiary/aromatic N) is 1. The highest BCUT2D eigenvalue weighted by Gasteiger charge is 2.32. The Hall–Kier alpha value is -1.09. The first-order valence-electron chi connectivity index (χ1n) is 6.88. The zero-order chi connectivity index (χ0) is 13.4. The molecule has 1 aromatic rings. The van der Waals surface area contributed by atoms with Gasteiger partial charge in [0.15, 0.2) is 0 Å². The number of hydrogen-bond acceptors (Lipinski definition) is 1. The lowest BCUT2D eigenvalue weighted by atomic mass is 10.1. The Morgan fingerprint density at radius 2 is 1.79 bits per heavy atom. The Labute approximate surface area is 117 Å². The molecule has 0 N–H and O–H groups in total. The molecule has 2 nitrogen and oxygen atoms in total. The molecule has 0 heterocycles. The van der Waals surface area contributed by atoms with Gasteiger partial charge in [0.25, 0.3) is 5.91 Å². The molecular weight excluding hydrogens is 265 g/mol. The van der Waals surface area contributed by atoms with Crippen LogP contribution in [-0.4, -0.2) is 23.9 Å². The number of hydrogen-bond donors (Lipinski definition) is 0. The van der Waals surface area contributed by atoms with E-state index in [4.69, 9.17) is 11.6 Å². The number of carbonyl (C=O) groups is 1. The number of halogens is 2. The van der Waals surface area contributed by atoms with Crippen molar-refractivity contribution >= 4 is 17.5 Å². The highest BCUT2D eigenvalue weighted by atomic mass is 35.5. The Morgan fingerprint density at radius 3 is 2.32 bits per heavy atom. The summed E-state index contributed by atoms with van der Waals surface area (Å²) in [6, 6.07) is 4.17. The minimum absolute atomic E-state index is 0.105. The molecule has 19 heavy (non-hydrogen) atoms. The first-order valence-corrected chi connectivity index (χ1v) is 7.25. The summed E-state index contributed by atoms with van der Waals surface area (Å²) < 4.78 is 13.8. The van der Waals surface area contributed by atoms with E-state index in [1.807, 2.05) is 4.90 Å². The first-order chi connectivity index (χ1) is 9.13. The largest absolute Gasteiger partial charge is 0.338 e. The van der Waals surface area contributed by atoms with E-state index in [1.165, 1.54) is 43.9 Å². The minimum atomic E-state index is -0.481. The molecule has 2 aliphatic carbocycles. The average Bonchev–Trinajstić information content (AvgIpc) is 3.25. The Kier molecular flexibility index (Phi) is 3.48. The first kappa shape index (κ1) is 12.9. The lowest BCUT2D eigenvalue weighted by Gasteiger charge is -2.23. The zero-order valence-corrected chi connectivity index (χ0v) is 11.5. The van der Waals surface area contributed by atoms with Gasteiger partial charge in [0.2, 0.25) is 0 Å². The van der Waals surface area contributed by atoms with E-state index in [0.717, 1.165) is 13.1 Å². The van der Waals surface area contributed by atoms with Gasteiger partial charge < -0.3 is 4.90 Å². The molecule has 1 amide bonds. The minimum Gasteiger partial charge on any atom is -0.338 e. The van der Waals surface area contributed by atoms with Crippen LogP contribution in [0, 0.1) is 17.7 Å². The van der Waals surface area contributed by atoms with Gasteiger partial charge in [-0.3, -0.25) is 4.79 Å². The summed E-state index contributed by atoms with van der Waals surface area (Å²) in [7, 11) is 0. The van der Waals surface area contributed by atoms with Crippen LogP contribution < -0.4 is 0 Å². The second-order valence-electron chi connectivity index (χ2n) is 5.72. The summed E-state index contributed by atoms with van der Waals surface area (Å²) in [5.74, 6) is 0.541. The van der Waals surface area contributed by atoms with Crippen molar-refractivity contribution in [3.8, 4) is 0 Å². The van der Waals surface area contributed by atoms with Crippen molar-refractivity contribution in [2.24, 2.45) is 11.8 Å². The third-order valence-corrected chi connectivity index (χ3v) is 4.03. The summed E-state index contributed by atoms with van der Waals surface area (Å²) in [6.45, 7) is 1.53.